The van der Waals surface area contributed by atoms with Crippen LogP contribution in [0, 0.1) is 13.8 Å². The van der Waals surface area contributed by atoms with Crippen molar-refractivity contribution in [1.82, 2.24) is 14.7 Å². The smallest absolute Gasteiger partial charge is 0.240 e. The van der Waals surface area contributed by atoms with E-state index in [-0.39, 0.29) is 4.90 Å². The van der Waals surface area contributed by atoms with Crippen molar-refractivity contribution in [3.8, 4) is 0 Å². The summed E-state index contributed by atoms with van der Waals surface area (Å²) in [6, 6.07) is 6.70. The van der Waals surface area contributed by atoms with Crippen molar-refractivity contribution >= 4 is 43.1 Å². The normalized spacial score (nSPS) is 12.5. The Kier molecular flexibility index (Phi) is 6.61. The maximum absolute atomic E-state index is 12.3. The fraction of sp³-hybridized carbons (Fsp3) is 0.350. The number of unbranched alkanes of at least 4 members (excludes halogenated alkanes) is 1. The molecule has 0 saturated carbocycles. The second-order valence-corrected chi connectivity index (χ2v) is 9.74. The van der Waals surface area contributed by atoms with E-state index in [1.165, 1.54) is 11.2 Å². The van der Waals surface area contributed by atoms with Crippen LogP contribution in [-0.4, -0.2) is 30.6 Å². The first-order valence-electron chi connectivity index (χ1n) is 9.44. The number of benzene rings is 1. The Morgan fingerprint density at radius 3 is 2.59 bits per heavy atom. The Morgan fingerprint density at radius 1 is 1.17 bits per heavy atom. The van der Waals surface area contributed by atoms with Crippen LogP contribution < -0.4 is 10.1 Å². The monoisotopic (exact) mass is 431 g/mol. The molecule has 0 saturated heterocycles. The van der Waals surface area contributed by atoms with E-state index in [2.05, 4.69) is 32.1 Å². The van der Waals surface area contributed by atoms with E-state index in [4.69, 9.17) is 0 Å². The molecule has 2 aromatic heterocycles. The molecule has 0 spiro atoms. The molecule has 0 fully saturated rings. The molecule has 7 nitrogen and oxygen atoms in total. The number of sulfonamides is 1. The number of thiophene rings is 1. The Balaban J connectivity index is 1.77. The van der Waals surface area contributed by atoms with E-state index in [1.54, 1.807) is 35.6 Å². The summed E-state index contributed by atoms with van der Waals surface area (Å²) >= 11 is 1.63. The van der Waals surface area contributed by atoms with Gasteiger partial charge >= 0.3 is 0 Å². The van der Waals surface area contributed by atoms with Gasteiger partial charge in [-0.15, -0.1) is 11.3 Å². The molecule has 3 rings (SSSR count). The number of nitrogens with zero attached hydrogens (tertiary/aromatic N) is 3. The molecule has 0 unspecified atom stereocenters. The Labute approximate surface area is 175 Å². The zero-order chi connectivity index (χ0) is 21.0. The highest BCUT2D eigenvalue weighted by molar-refractivity contribution is 7.89. The molecule has 0 radical (unpaired) electrons. The number of hydrogen-bond acceptors (Lipinski definition) is 7. The minimum absolute atomic E-state index is 0.250. The average Bonchev–Trinajstić information content (AvgIpc) is 3.00. The second-order valence-electron chi connectivity index (χ2n) is 6.77. The molecule has 2 heterocycles. The van der Waals surface area contributed by atoms with Crippen LogP contribution in [0.25, 0.3) is 10.2 Å². The first-order chi connectivity index (χ1) is 13.8. The number of rotatable bonds is 8. The van der Waals surface area contributed by atoms with E-state index in [0.717, 1.165) is 39.9 Å². The van der Waals surface area contributed by atoms with Gasteiger partial charge in [-0.25, -0.2) is 23.1 Å². The van der Waals surface area contributed by atoms with Crippen LogP contribution in [0.3, 0.4) is 0 Å². The fourth-order valence-corrected chi connectivity index (χ4v) is 4.88. The number of hydrazone groups is 1. The number of aryl methyl sites for hydroxylation is 2. The summed E-state index contributed by atoms with van der Waals surface area (Å²) < 4.78 is 27.2. The predicted molar refractivity (Wildman–Crippen MR) is 119 cm³/mol. The standard InChI is InChI=1S/C20H25N5O2S2/c1-5-6-11-23-29(26,27)17-9-7-16(8-10-17)14(3)24-25-19-18-13(2)15(4)28-20(18)22-12-21-19/h7-10,12,23H,5-6,11H2,1-4H3,(H,21,22,25)/b24-14+. The van der Waals surface area contributed by atoms with E-state index < -0.39 is 10.0 Å². The van der Waals surface area contributed by atoms with Crippen molar-refractivity contribution in [2.75, 3.05) is 12.0 Å². The Bertz CT molecular complexity index is 1140. The third-order valence-corrected chi connectivity index (χ3v) is 7.29. The summed E-state index contributed by atoms with van der Waals surface area (Å²) in [6.07, 6.45) is 3.28. The molecule has 9 heteroatoms. The number of nitrogens with one attached hydrogen (secondary N) is 2. The van der Waals surface area contributed by atoms with Crippen LogP contribution in [0.5, 0.6) is 0 Å². The molecule has 2 N–H and O–H groups in total. The molecule has 0 aliphatic rings. The number of fused-ring (bicyclic) bond motifs is 1. The van der Waals surface area contributed by atoms with Gasteiger partial charge in [0.25, 0.3) is 0 Å². The summed E-state index contributed by atoms with van der Waals surface area (Å²) in [4.78, 5) is 11.0. The van der Waals surface area contributed by atoms with Crippen LogP contribution in [0.1, 0.15) is 42.7 Å². The molecular formula is C20H25N5O2S2. The summed E-state index contributed by atoms with van der Waals surface area (Å²) in [5, 5.41) is 5.41. The van der Waals surface area contributed by atoms with Gasteiger partial charge in [0.2, 0.25) is 10.0 Å². The lowest BCUT2D eigenvalue weighted by Gasteiger charge is -2.08. The van der Waals surface area contributed by atoms with Gasteiger partial charge < -0.3 is 0 Å². The predicted octanol–water partition coefficient (Wildman–Crippen LogP) is 4.22. The van der Waals surface area contributed by atoms with Crippen molar-refractivity contribution in [2.45, 2.75) is 45.4 Å². The largest absolute Gasteiger partial charge is 0.260 e. The molecule has 3 aromatic rings. The van der Waals surface area contributed by atoms with E-state index in [0.29, 0.717) is 12.4 Å². The van der Waals surface area contributed by atoms with Crippen LogP contribution in [0.4, 0.5) is 5.82 Å². The van der Waals surface area contributed by atoms with Crippen molar-refractivity contribution < 1.29 is 8.42 Å². The van der Waals surface area contributed by atoms with Crippen LogP contribution in [0.15, 0.2) is 40.6 Å². The molecule has 29 heavy (non-hydrogen) atoms. The Hall–Kier alpha value is -2.36. The Morgan fingerprint density at radius 2 is 1.90 bits per heavy atom. The maximum Gasteiger partial charge on any atom is 0.240 e. The molecule has 0 aliphatic heterocycles. The first kappa shape index (κ1) is 21.4. The lowest BCUT2D eigenvalue weighted by atomic mass is 10.1. The van der Waals surface area contributed by atoms with Gasteiger partial charge in [0, 0.05) is 11.4 Å². The number of hydrogen-bond donors (Lipinski definition) is 2. The molecular weight excluding hydrogens is 406 g/mol. The molecule has 154 valence electrons. The van der Waals surface area contributed by atoms with Gasteiger partial charge in [-0.3, -0.25) is 5.43 Å². The van der Waals surface area contributed by atoms with Crippen LogP contribution >= 0.6 is 11.3 Å². The van der Waals surface area contributed by atoms with Crippen molar-refractivity contribution in [3.05, 3.63) is 46.6 Å². The lowest BCUT2D eigenvalue weighted by Crippen LogP contribution is -2.24. The third kappa shape index (κ3) is 4.80. The minimum atomic E-state index is -3.48. The van der Waals surface area contributed by atoms with Gasteiger partial charge in [0.05, 0.1) is 16.0 Å². The molecule has 1 aromatic carbocycles. The van der Waals surface area contributed by atoms with Gasteiger partial charge in [0.15, 0.2) is 5.82 Å². The average molecular weight is 432 g/mol. The molecule has 0 amide bonds. The van der Waals surface area contributed by atoms with Gasteiger partial charge in [-0.1, -0.05) is 25.5 Å². The van der Waals surface area contributed by atoms with E-state index >= 15 is 0 Å². The first-order valence-corrected chi connectivity index (χ1v) is 11.7. The summed E-state index contributed by atoms with van der Waals surface area (Å²) in [6.45, 7) is 8.44. The highest BCUT2D eigenvalue weighted by Crippen LogP contribution is 2.32. The summed E-state index contributed by atoms with van der Waals surface area (Å²) in [5.74, 6) is 0.663. The number of anilines is 1. The van der Waals surface area contributed by atoms with Crippen molar-refractivity contribution in [3.63, 3.8) is 0 Å². The highest BCUT2D eigenvalue weighted by Gasteiger charge is 2.14. The van der Waals surface area contributed by atoms with Gasteiger partial charge in [-0.05, 0) is 50.5 Å². The zero-order valence-electron chi connectivity index (χ0n) is 17.0. The molecule has 0 aliphatic carbocycles. The third-order valence-electron chi connectivity index (χ3n) is 4.70. The van der Waals surface area contributed by atoms with Crippen LogP contribution in [0.2, 0.25) is 0 Å². The molecule has 0 atom stereocenters. The summed E-state index contributed by atoms with van der Waals surface area (Å²) in [5.41, 5.74) is 5.73. The van der Waals surface area contributed by atoms with E-state index in [1.807, 2.05) is 20.8 Å². The van der Waals surface area contributed by atoms with Gasteiger partial charge in [-0.2, -0.15) is 5.10 Å². The number of aromatic nitrogens is 2. The SMILES string of the molecule is CCCCNS(=O)(=O)c1ccc(/C(C)=N/Nc2ncnc3sc(C)c(C)c23)cc1. The van der Waals surface area contributed by atoms with Gasteiger partial charge in [0.1, 0.15) is 11.2 Å². The maximum atomic E-state index is 12.3. The van der Waals surface area contributed by atoms with Crippen molar-refractivity contribution in [2.24, 2.45) is 5.10 Å². The van der Waals surface area contributed by atoms with E-state index in [9.17, 15) is 8.42 Å². The van der Waals surface area contributed by atoms with Crippen LogP contribution in [-0.2, 0) is 10.0 Å². The zero-order valence-corrected chi connectivity index (χ0v) is 18.6. The quantitative estimate of drug-likeness (QED) is 0.316. The topological polar surface area (TPSA) is 96.3 Å². The minimum Gasteiger partial charge on any atom is -0.260 e. The lowest BCUT2D eigenvalue weighted by molar-refractivity contribution is 0.578. The highest BCUT2D eigenvalue weighted by atomic mass is 32.2. The summed E-state index contributed by atoms with van der Waals surface area (Å²) in [7, 11) is -3.48. The van der Waals surface area contributed by atoms with Crippen molar-refractivity contribution in [1.29, 1.82) is 0 Å². The molecule has 0 bridgehead atoms. The fourth-order valence-electron chi connectivity index (χ4n) is 2.81. The second kappa shape index (κ2) is 8.98.